The molecule has 0 aromatic heterocycles. The van der Waals surface area contributed by atoms with Gasteiger partial charge in [-0.15, -0.1) is 0 Å². The van der Waals surface area contributed by atoms with Crippen LogP contribution >= 0.6 is 11.9 Å². The summed E-state index contributed by atoms with van der Waals surface area (Å²) in [6.07, 6.45) is 1.03. The fraction of sp³-hybridized carbons (Fsp3) is 0.312. The van der Waals surface area contributed by atoms with Gasteiger partial charge in [-0.3, -0.25) is 0 Å². The van der Waals surface area contributed by atoms with Crippen molar-refractivity contribution >= 4 is 22.7 Å². The lowest BCUT2D eigenvalue weighted by molar-refractivity contribution is 0.228. The molecule has 1 aliphatic heterocycles. The molecule has 0 bridgehead atoms. The second kappa shape index (κ2) is 5.45. The molecule has 3 rings (SSSR count). The van der Waals surface area contributed by atoms with Gasteiger partial charge in [-0.1, -0.05) is 54.4 Å². The summed E-state index contributed by atoms with van der Waals surface area (Å²) >= 11 is 1.79. The first-order chi connectivity index (χ1) is 9.70. The zero-order valence-corrected chi connectivity index (χ0v) is 12.1. The van der Waals surface area contributed by atoms with Crippen LogP contribution in [0.15, 0.2) is 42.5 Å². The third kappa shape index (κ3) is 2.66. The van der Waals surface area contributed by atoms with Gasteiger partial charge in [0.15, 0.2) is 0 Å². The summed E-state index contributed by atoms with van der Waals surface area (Å²) < 4.78 is 2.17. The first-order valence-corrected chi connectivity index (χ1v) is 7.69. The number of benzene rings is 2. The highest BCUT2D eigenvalue weighted by atomic mass is 32.2. The first-order valence-electron chi connectivity index (χ1n) is 6.75. The quantitative estimate of drug-likeness (QED) is 0.876. The van der Waals surface area contributed by atoms with Gasteiger partial charge in [0.25, 0.3) is 0 Å². The van der Waals surface area contributed by atoms with Crippen molar-refractivity contribution in [1.82, 2.24) is 4.31 Å². The van der Waals surface area contributed by atoms with Crippen molar-refractivity contribution in [3.63, 3.8) is 0 Å². The molecule has 0 unspecified atom stereocenters. The van der Waals surface area contributed by atoms with Crippen molar-refractivity contribution in [2.45, 2.75) is 12.0 Å². The minimum atomic E-state index is -0.619. The van der Waals surface area contributed by atoms with E-state index in [1.165, 1.54) is 16.3 Å². The number of nitrogens with zero attached hydrogens (tertiary/aromatic N) is 2. The Morgan fingerprint density at radius 1 is 1.20 bits per heavy atom. The van der Waals surface area contributed by atoms with Crippen LogP contribution in [0.1, 0.15) is 5.56 Å². The van der Waals surface area contributed by atoms with Crippen LogP contribution in [0.4, 0.5) is 0 Å². The van der Waals surface area contributed by atoms with Crippen LogP contribution in [-0.4, -0.2) is 28.7 Å². The number of rotatable bonds is 4. The van der Waals surface area contributed by atoms with E-state index in [9.17, 15) is 0 Å². The number of hydrogen-bond donors (Lipinski definition) is 1. The Hall–Kier alpha value is -1.54. The lowest BCUT2D eigenvalue weighted by Crippen LogP contribution is -2.64. The third-order valence-electron chi connectivity index (χ3n) is 3.66. The predicted molar refractivity (Wildman–Crippen MR) is 84.2 cm³/mol. The van der Waals surface area contributed by atoms with E-state index in [-0.39, 0.29) is 0 Å². The van der Waals surface area contributed by atoms with Gasteiger partial charge in [-0.25, -0.2) is 4.31 Å². The minimum Gasteiger partial charge on any atom is -0.311 e. The molecule has 0 aliphatic carbocycles. The maximum atomic E-state index is 8.87. The molecule has 0 spiro atoms. The van der Waals surface area contributed by atoms with Gasteiger partial charge >= 0.3 is 0 Å². The summed E-state index contributed by atoms with van der Waals surface area (Å²) in [7, 11) is 0. The van der Waals surface area contributed by atoms with Crippen LogP contribution in [0.5, 0.6) is 0 Å². The van der Waals surface area contributed by atoms with Crippen molar-refractivity contribution in [3.05, 3.63) is 48.0 Å². The molecular formula is C16H17N3S. The molecule has 2 N–H and O–H groups in total. The average molecular weight is 283 g/mol. The van der Waals surface area contributed by atoms with Crippen LogP contribution in [0.2, 0.25) is 0 Å². The number of nitriles is 1. The van der Waals surface area contributed by atoms with Gasteiger partial charge in [-0.2, -0.15) is 5.26 Å². The maximum Gasteiger partial charge on any atom is 0.131 e. The van der Waals surface area contributed by atoms with Gasteiger partial charge in [-0.05, 0) is 22.8 Å². The van der Waals surface area contributed by atoms with E-state index in [0.29, 0.717) is 13.1 Å². The zero-order chi connectivity index (χ0) is 14.0. The van der Waals surface area contributed by atoms with E-state index in [2.05, 4.69) is 52.8 Å². The van der Waals surface area contributed by atoms with Crippen LogP contribution < -0.4 is 5.73 Å². The van der Waals surface area contributed by atoms with Crippen LogP contribution in [0.3, 0.4) is 0 Å². The molecular weight excluding hydrogens is 266 g/mol. The molecule has 1 fully saturated rings. The van der Waals surface area contributed by atoms with Crippen molar-refractivity contribution in [2.75, 3.05) is 18.8 Å². The predicted octanol–water partition coefficient (Wildman–Crippen LogP) is 2.57. The molecule has 2 aromatic rings. The van der Waals surface area contributed by atoms with Crippen molar-refractivity contribution in [1.29, 1.82) is 5.26 Å². The molecule has 20 heavy (non-hydrogen) atoms. The van der Waals surface area contributed by atoms with Crippen molar-refractivity contribution in [2.24, 2.45) is 5.73 Å². The Kier molecular flexibility index (Phi) is 3.66. The fourth-order valence-electron chi connectivity index (χ4n) is 2.54. The lowest BCUT2D eigenvalue weighted by atomic mass is 9.96. The van der Waals surface area contributed by atoms with Crippen molar-refractivity contribution in [3.8, 4) is 6.07 Å². The molecule has 1 aliphatic rings. The first kappa shape index (κ1) is 13.4. The van der Waals surface area contributed by atoms with Gasteiger partial charge in [0, 0.05) is 18.8 Å². The minimum absolute atomic E-state index is 0.619. The highest BCUT2D eigenvalue weighted by Crippen LogP contribution is 2.27. The molecule has 0 amide bonds. The highest BCUT2D eigenvalue weighted by Gasteiger charge is 2.39. The highest BCUT2D eigenvalue weighted by molar-refractivity contribution is 7.97. The summed E-state index contributed by atoms with van der Waals surface area (Å²) in [5, 5.41) is 11.5. The molecule has 0 atom stereocenters. The van der Waals surface area contributed by atoms with Crippen LogP contribution in [0, 0.1) is 11.3 Å². The molecule has 0 radical (unpaired) electrons. The number of aryl methyl sites for hydroxylation is 1. The summed E-state index contributed by atoms with van der Waals surface area (Å²) in [6, 6.07) is 17.1. The largest absolute Gasteiger partial charge is 0.311 e. The Labute approximate surface area is 123 Å². The SMILES string of the molecule is N#CC1(N)CN(SCCc2cccc3ccccc23)C1. The summed E-state index contributed by atoms with van der Waals surface area (Å²) in [5.74, 6) is 1.02. The Morgan fingerprint density at radius 2 is 1.95 bits per heavy atom. The second-order valence-electron chi connectivity index (χ2n) is 5.29. The molecule has 4 heteroatoms. The standard InChI is InChI=1S/C16H17N3S/c17-10-16(18)11-19(12-16)20-9-8-14-6-3-5-13-4-1-2-7-15(13)14/h1-7H,8-9,11-12,18H2. The van der Waals surface area contributed by atoms with E-state index in [1.807, 2.05) is 0 Å². The van der Waals surface area contributed by atoms with E-state index >= 15 is 0 Å². The molecule has 1 heterocycles. The molecule has 102 valence electrons. The molecule has 3 nitrogen and oxygen atoms in total. The van der Waals surface area contributed by atoms with Gasteiger partial charge in [0.05, 0.1) is 6.07 Å². The average Bonchev–Trinajstić information content (AvgIpc) is 2.45. The zero-order valence-electron chi connectivity index (χ0n) is 11.2. The van der Waals surface area contributed by atoms with E-state index in [4.69, 9.17) is 11.0 Å². The normalized spacial score (nSPS) is 17.6. The molecule has 2 aromatic carbocycles. The summed E-state index contributed by atoms with van der Waals surface area (Å²) in [6.45, 7) is 1.34. The second-order valence-corrected chi connectivity index (χ2v) is 6.47. The number of nitrogens with two attached hydrogens (primary N) is 1. The molecule has 1 saturated heterocycles. The Balaban J connectivity index is 1.58. The van der Waals surface area contributed by atoms with Gasteiger partial charge in [0.1, 0.15) is 5.54 Å². The molecule has 0 saturated carbocycles. The van der Waals surface area contributed by atoms with E-state index in [0.717, 1.165) is 12.2 Å². The third-order valence-corrected chi connectivity index (χ3v) is 4.67. The summed E-state index contributed by atoms with van der Waals surface area (Å²) in [4.78, 5) is 0. The topological polar surface area (TPSA) is 53.1 Å². The summed E-state index contributed by atoms with van der Waals surface area (Å²) in [5.41, 5.74) is 6.60. The smallest absolute Gasteiger partial charge is 0.131 e. The van der Waals surface area contributed by atoms with Crippen LogP contribution in [-0.2, 0) is 6.42 Å². The van der Waals surface area contributed by atoms with Crippen LogP contribution in [0.25, 0.3) is 10.8 Å². The monoisotopic (exact) mass is 283 g/mol. The van der Waals surface area contributed by atoms with Gasteiger partial charge in [0.2, 0.25) is 0 Å². The number of hydrogen-bond acceptors (Lipinski definition) is 4. The fourth-order valence-corrected chi connectivity index (χ4v) is 3.75. The van der Waals surface area contributed by atoms with Crippen molar-refractivity contribution < 1.29 is 0 Å². The van der Waals surface area contributed by atoms with Gasteiger partial charge < -0.3 is 5.73 Å². The number of fused-ring (bicyclic) bond motifs is 1. The van der Waals surface area contributed by atoms with E-state index in [1.54, 1.807) is 11.9 Å². The maximum absolute atomic E-state index is 8.87. The lowest BCUT2D eigenvalue weighted by Gasteiger charge is -2.41. The van der Waals surface area contributed by atoms with E-state index < -0.39 is 5.54 Å². The Bertz CT molecular complexity index is 651. The Morgan fingerprint density at radius 3 is 2.75 bits per heavy atom.